The first-order chi connectivity index (χ1) is 11.4. The van der Waals surface area contributed by atoms with Gasteiger partial charge in [0.25, 0.3) is 0 Å². The summed E-state index contributed by atoms with van der Waals surface area (Å²) in [6.45, 7) is 1.91. The lowest BCUT2D eigenvalue weighted by Gasteiger charge is -2.14. The molecule has 0 fully saturated rings. The number of rotatable bonds is 5. The highest BCUT2D eigenvalue weighted by molar-refractivity contribution is 7.99. The largest absolute Gasteiger partial charge is 0.309 e. The average Bonchev–Trinajstić information content (AvgIpc) is 3.19. The fraction of sp³-hybridized carbons (Fsp3) is 0.222. The van der Waals surface area contributed by atoms with Gasteiger partial charge in [-0.2, -0.15) is 0 Å². The van der Waals surface area contributed by atoms with Crippen LogP contribution in [0.5, 0.6) is 0 Å². The Morgan fingerprint density at radius 2 is 1.61 bits per heavy atom. The Morgan fingerprint density at radius 3 is 2.39 bits per heavy atom. The number of nitrogens with zero attached hydrogens (tertiary/aromatic N) is 4. The molecule has 0 unspecified atom stereocenters. The number of aromatic nitrogens is 3. The van der Waals surface area contributed by atoms with Crippen molar-refractivity contribution >= 4 is 23.4 Å². The first kappa shape index (κ1) is 14.3. The minimum absolute atomic E-state index is 0.949. The number of benzene rings is 2. The van der Waals surface area contributed by atoms with Crippen molar-refractivity contribution in [2.75, 3.05) is 17.2 Å². The smallest absolute Gasteiger partial charge is 0.232 e. The topological polar surface area (TPSA) is 34.0 Å². The molecule has 116 valence electrons. The highest BCUT2D eigenvalue weighted by atomic mass is 32.2. The second-order valence-corrected chi connectivity index (χ2v) is 6.57. The van der Waals surface area contributed by atoms with Gasteiger partial charge in [-0.15, -0.1) is 10.2 Å². The summed E-state index contributed by atoms with van der Waals surface area (Å²) in [5, 5.41) is 9.80. The SMILES string of the molecule is c1ccc(CCSc2nnc3n2CCN3c2ccccc2)cc1. The summed E-state index contributed by atoms with van der Waals surface area (Å²) in [5.74, 6) is 1.98. The van der Waals surface area contributed by atoms with Gasteiger partial charge in [-0.3, -0.25) is 4.57 Å². The van der Waals surface area contributed by atoms with E-state index in [2.05, 4.69) is 74.3 Å². The van der Waals surface area contributed by atoms with Gasteiger partial charge in [0.1, 0.15) is 0 Å². The Hall–Kier alpha value is -2.27. The molecule has 0 saturated carbocycles. The molecule has 2 aromatic carbocycles. The Kier molecular flexibility index (Phi) is 4.03. The molecule has 4 nitrogen and oxygen atoms in total. The van der Waals surface area contributed by atoms with Crippen LogP contribution in [0.25, 0.3) is 0 Å². The van der Waals surface area contributed by atoms with E-state index in [9.17, 15) is 0 Å². The summed E-state index contributed by atoms with van der Waals surface area (Å²) in [6, 6.07) is 21.0. The highest BCUT2D eigenvalue weighted by Crippen LogP contribution is 2.31. The van der Waals surface area contributed by atoms with Crippen molar-refractivity contribution in [3.05, 3.63) is 66.2 Å². The van der Waals surface area contributed by atoms with Crippen LogP contribution in [0.4, 0.5) is 11.6 Å². The van der Waals surface area contributed by atoms with Crippen molar-refractivity contribution in [3.8, 4) is 0 Å². The van der Waals surface area contributed by atoms with E-state index in [1.165, 1.54) is 11.3 Å². The molecular formula is C18H18N4S. The second-order valence-electron chi connectivity index (χ2n) is 5.51. The molecule has 4 rings (SSSR count). The molecule has 2 heterocycles. The minimum atomic E-state index is 0.949. The van der Waals surface area contributed by atoms with Crippen LogP contribution in [-0.4, -0.2) is 27.1 Å². The number of thioether (sulfide) groups is 1. The molecule has 0 atom stereocenters. The summed E-state index contributed by atoms with van der Waals surface area (Å²) in [6.07, 6.45) is 1.05. The number of hydrogen-bond acceptors (Lipinski definition) is 4. The molecule has 23 heavy (non-hydrogen) atoms. The van der Waals surface area contributed by atoms with E-state index in [0.29, 0.717) is 0 Å². The van der Waals surface area contributed by atoms with Crippen LogP contribution < -0.4 is 4.90 Å². The first-order valence-corrected chi connectivity index (χ1v) is 8.83. The fourth-order valence-electron chi connectivity index (χ4n) is 2.84. The first-order valence-electron chi connectivity index (χ1n) is 7.84. The van der Waals surface area contributed by atoms with Gasteiger partial charge in [-0.25, -0.2) is 0 Å². The summed E-state index contributed by atoms with van der Waals surface area (Å²) in [5.41, 5.74) is 2.55. The molecule has 3 aromatic rings. The van der Waals surface area contributed by atoms with Crippen molar-refractivity contribution in [1.29, 1.82) is 0 Å². The van der Waals surface area contributed by atoms with E-state index in [4.69, 9.17) is 0 Å². The number of para-hydroxylation sites is 1. The van der Waals surface area contributed by atoms with Crippen molar-refractivity contribution < 1.29 is 0 Å². The van der Waals surface area contributed by atoms with E-state index in [0.717, 1.165) is 36.4 Å². The van der Waals surface area contributed by atoms with E-state index in [1.807, 2.05) is 6.07 Å². The van der Waals surface area contributed by atoms with Gasteiger partial charge in [0.2, 0.25) is 5.95 Å². The van der Waals surface area contributed by atoms with Gasteiger partial charge in [0.05, 0.1) is 0 Å². The van der Waals surface area contributed by atoms with E-state index >= 15 is 0 Å². The lowest BCUT2D eigenvalue weighted by molar-refractivity contribution is 0.704. The highest BCUT2D eigenvalue weighted by Gasteiger charge is 2.25. The van der Waals surface area contributed by atoms with Gasteiger partial charge in [-0.1, -0.05) is 60.3 Å². The van der Waals surface area contributed by atoms with E-state index < -0.39 is 0 Å². The standard InChI is InChI=1S/C18H18N4S/c1-3-7-15(8-4-1)11-14-23-18-20-19-17-21(12-13-22(17)18)16-9-5-2-6-10-16/h1-10H,11-14H2. The summed E-state index contributed by atoms with van der Waals surface area (Å²) in [4.78, 5) is 2.23. The molecule has 0 spiro atoms. The predicted molar refractivity (Wildman–Crippen MR) is 94.3 cm³/mol. The molecule has 0 bridgehead atoms. The van der Waals surface area contributed by atoms with E-state index in [-0.39, 0.29) is 0 Å². The normalized spacial score (nSPS) is 13.3. The van der Waals surface area contributed by atoms with Gasteiger partial charge >= 0.3 is 0 Å². The molecule has 1 aliphatic rings. The Labute approximate surface area is 140 Å². The molecule has 1 aliphatic heterocycles. The molecule has 1 aromatic heterocycles. The maximum absolute atomic E-state index is 4.40. The zero-order chi connectivity index (χ0) is 15.5. The van der Waals surface area contributed by atoms with Crippen molar-refractivity contribution in [1.82, 2.24) is 14.8 Å². The lowest BCUT2D eigenvalue weighted by atomic mass is 10.2. The quantitative estimate of drug-likeness (QED) is 0.670. The molecule has 0 radical (unpaired) electrons. The predicted octanol–water partition coefficient (Wildman–Crippen LogP) is 3.76. The third-order valence-corrected chi connectivity index (χ3v) is 4.99. The van der Waals surface area contributed by atoms with Crippen LogP contribution in [0, 0.1) is 0 Å². The van der Waals surface area contributed by atoms with Gasteiger partial charge in [0.15, 0.2) is 5.16 Å². The number of hydrogen-bond donors (Lipinski definition) is 0. The number of anilines is 2. The molecular weight excluding hydrogens is 304 g/mol. The number of fused-ring (bicyclic) bond motifs is 1. The molecule has 0 N–H and O–H groups in total. The monoisotopic (exact) mass is 322 g/mol. The van der Waals surface area contributed by atoms with Gasteiger partial charge in [-0.05, 0) is 24.1 Å². The van der Waals surface area contributed by atoms with Crippen LogP contribution in [0.2, 0.25) is 0 Å². The van der Waals surface area contributed by atoms with Crippen molar-refractivity contribution in [2.24, 2.45) is 0 Å². The zero-order valence-corrected chi connectivity index (χ0v) is 13.6. The Bertz CT molecular complexity index is 770. The molecule has 0 aliphatic carbocycles. The Morgan fingerprint density at radius 1 is 0.870 bits per heavy atom. The third kappa shape index (κ3) is 2.97. The maximum Gasteiger partial charge on any atom is 0.232 e. The molecule has 5 heteroatoms. The second kappa shape index (κ2) is 6.46. The van der Waals surface area contributed by atoms with Crippen LogP contribution in [-0.2, 0) is 13.0 Å². The van der Waals surface area contributed by atoms with Crippen LogP contribution in [0.1, 0.15) is 5.56 Å². The fourth-order valence-corrected chi connectivity index (χ4v) is 3.79. The van der Waals surface area contributed by atoms with Gasteiger partial charge < -0.3 is 4.90 Å². The zero-order valence-electron chi connectivity index (χ0n) is 12.8. The average molecular weight is 322 g/mol. The van der Waals surface area contributed by atoms with Crippen LogP contribution >= 0.6 is 11.8 Å². The summed E-state index contributed by atoms with van der Waals surface area (Å²) < 4.78 is 2.22. The summed E-state index contributed by atoms with van der Waals surface area (Å²) >= 11 is 1.79. The third-order valence-electron chi connectivity index (χ3n) is 4.02. The molecule has 0 saturated heterocycles. The summed E-state index contributed by atoms with van der Waals surface area (Å²) in [7, 11) is 0. The number of aryl methyl sites for hydroxylation is 1. The Balaban J connectivity index is 1.44. The van der Waals surface area contributed by atoms with Crippen molar-refractivity contribution in [3.63, 3.8) is 0 Å². The van der Waals surface area contributed by atoms with Crippen LogP contribution in [0.3, 0.4) is 0 Å². The lowest BCUT2D eigenvalue weighted by Crippen LogP contribution is -2.14. The molecule has 0 amide bonds. The maximum atomic E-state index is 4.40. The van der Waals surface area contributed by atoms with Gasteiger partial charge in [0, 0.05) is 24.5 Å². The van der Waals surface area contributed by atoms with Crippen LogP contribution in [0.15, 0.2) is 65.8 Å². The minimum Gasteiger partial charge on any atom is -0.309 e. The van der Waals surface area contributed by atoms with Crippen molar-refractivity contribution in [2.45, 2.75) is 18.1 Å². The van der Waals surface area contributed by atoms with E-state index in [1.54, 1.807) is 11.8 Å².